The highest BCUT2D eigenvalue weighted by molar-refractivity contribution is 6.30. The Morgan fingerprint density at radius 3 is 2.50 bits per heavy atom. The lowest BCUT2D eigenvalue weighted by molar-refractivity contribution is -0.104. The van der Waals surface area contributed by atoms with Crippen LogP contribution in [0.25, 0.3) is 0 Å². The van der Waals surface area contributed by atoms with Crippen molar-refractivity contribution in [2.45, 2.75) is 81.6 Å². The molecule has 4 rings (SSSR count). The average molecular weight is 398 g/mol. The molecule has 1 saturated heterocycles. The summed E-state index contributed by atoms with van der Waals surface area (Å²) in [5, 5.41) is 0.821. The van der Waals surface area contributed by atoms with Gasteiger partial charge in [0, 0.05) is 28.9 Å². The van der Waals surface area contributed by atoms with Crippen molar-refractivity contribution in [2.75, 3.05) is 6.61 Å². The minimum Gasteiger partial charge on any atom is -0.375 e. The van der Waals surface area contributed by atoms with Crippen molar-refractivity contribution in [3.05, 3.63) is 64.9 Å². The van der Waals surface area contributed by atoms with Gasteiger partial charge in [-0.1, -0.05) is 55.5 Å². The Morgan fingerprint density at radius 2 is 1.75 bits per heavy atom. The number of hydrogen-bond donors (Lipinski definition) is 0. The average Bonchev–Trinajstić information content (AvgIpc) is 3.17. The van der Waals surface area contributed by atoms with Gasteiger partial charge in [0.05, 0.1) is 5.60 Å². The molecule has 2 aliphatic rings. The molecule has 1 aromatic carbocycles. The molecule has 3 heteroatoms. The molecule has 1 aliphatic heterocycles. The van der Waals surface area contributed by atoms with Gasteiger partial charge in [-0.2, -0.15) is 0 Å². The van der Waals surface area contributed by atoms with Crippen LogP contribution in [0.1, 0.15) is 75.5 Å². The SMILES string of the molecule is Clc1ccc(CCCCC[C@@]2(c3ccccn3)CCOC3(CCCC3)C2)cc1. The van der Waals surface area contributed by atoms with E-state index in [4.69, 9.17) is 21.3 Å². The number of halogens is 1. The summed E-state index contributed by atoms with van der Waals surface area (Å²) >= 11 is 5.99. The Kier molecular flexibility index (Phi) is 6.38. The predicted octanol–water partition coefficient (Wildman–Crippen LogP) is 6.90. The second kappa shape index (κ2) is 8.97. The molecule has 2 heterocycles. The molecule has 1 atom stereocenters. The molecule has 0 radical (unpaired) electrons. The Morgan fingerprint density at radius 1 is 0.929 bits per heavy atom. The number of pyridine rings is 1. The van der Waals surface area contributed by atoms with Crippen LogP contribution < -0.4 is 0 Å². The molecule has 0 N–H and O–H groups in total. The molecule has 0 unspecified atom stereocenters. The van der Waals surface area contributed by atoms with Crippen molar-refractivity contribution in [1.82, 2.24) is 4.98 Å². The maximum absolute atomic E-state index is 6.36. The first-order chi connectivity index (χ1) is 13.7. The zero-order chi connectivity index (χ0) is 19.3. The Bertz CT molecular complexity index is 739. The van der Waals surface area contributed by atoms with E-state index in [9.17, 15) is 0 Å². The van der Waals surface area contributed by atoms with E-state index in [1.54, 1.807) is 0 Å². The van der Waals surface area contributed by atoms with Crippen molar-refractivity contribution in [1.29, 1.82) is 0 Å². The van der Waals surface area contributed by atoms with Crippen LogP contribution in [0.3, 0.4) is 0 Å². The molecule has 1 aromatic heterocycles. The van der Waals surface area contributed by atoms with E-state index in [1.807, 2.05) is 24.4 Å². The first-order valence-electron chi connectivity index (χ1n) is 11.0. The monoisotopic (exact) mass is 397 g/mol. The third-order valence-corrected chi connectivity index (χ3v) is 7.16. The normalized spacial score (nSPS) is 23.9. The van der Waals surface area contributed by atoms with E-state index in [-0.39, 0.29) is 11.0 Å². The zero-order valence-corrected chi connectivity index (χ0v) is 17.6. The van der Waals surface area contributed by atoms with E-state index in [0.29, 0.717) is 0 Å². The van der Waals surface area contributed by atoms with E-state index in [1.165, 1.54) is 62.6 Å². The van der Waals surface area contributed by atoms with Crippen LogP contribution in [0.15, 0.2) is 48.7 Å². The van der Waals surface area contributed by atoms with Gasteiger partial charge in [-0.05, 0) is 74.8 Å². The fraction of sp³-hybridized carbons (Fsp3) is 0.560. The maximum Gasteiger partial charge on any atom is 0.0691 e. The summed E-state index contributed by atoms with van der Waals surface area (Å²) < 4.78 is 6.36. The summed E-state index contributed by atoms with van der Waals surface area (Å²) in [5.41, 5.74) is 3.01. The van der Waals surface area contributed by atoms with Gasteiger partial charge >= 0.3 is 0 Å². The molecule has 150 valence electrons. The second-order valence-corrected chi connectivity index (χ2v) is 9.28. The molecule has 2 aromatic rings. The highest BCUT2D eigenvalue weighted by Gasteiger charge is 2.48. The number of rotatable bonds is 7. The summed E-state index contributed by atoms with van der Waals surface area (Å²) in [6.45, 7) is 0.890. The van der Waals surface area contributed by atoms with Crippen LogP contribution in [0.2, 0.25) is 5.02 Å². The van der Waals surface area contributed by atoms with Crippen LogP contribution in [-0.4, -0.2) is 17.2 Å². The third kappa shape index (κ3) is 4.60. The fourth-order valence-corrected chi connectivity index (χ4v) is 5.54. The molecule has 2 nitrogen and oxygen atoms in total. The van der Waals surface area contributed by atoms with Crippen molar-refractivity contribution >= 4 is 11.6 Å². The second-order valence-electron chi connectivity index (χ2n) is 8.85. The number of ether oxygens (including phenoxy) is 1. The number of hydrogen-bond acceptors (Lipinski definition) is 2. The van der Waals surface area contributed by atoms with Crippen LogP contribution in [0.5, 0.6) is 0 Å². The zero-order valence-electron chi connectivity index (χ0n) is 16.8. The standard InChI is InChI=1S/C25H32ClNO/c26-22-12-10-21(11-13-22)8-2-1-4-14-24(23-9-3-7-18-27-23)17-19-28-25(20-24)15-5-6-16-25/h3,7,9-13,18H,1-2,4-6,8,14-17,19-20H2/t24-/m1/s1. The highest BCUT2D eigenvalue weighted by Crippen LogP contribution is 2.50. The molecular weight excluding hydrogens is 366 g/mol. The molecule has 28 heavy (non-hydrogen) atoms. The van der Waals surface area contributed by atoms with Crippen LogP contribution in [0, 0.1) is 0 Å². The third-order valence-electron chi connectivity index (χ3n) is 6.91. The maximum atomic E-state index is 6.36. The van der Waals surface area contributed by atoms with Crippen molar-refractivity contribution < 1.29 is 4.74 Å². The minimum absolute atomic E-state index is 0.124. The molecular formula is C25H32ClNO. The molecule has 2 fully saturated rings. The fourth-order valence-electron chi connectivity index (χ4n) is 5.42. The number of aryl methyl sites for hydroxylation is 1. The van der Waals surface area contributed by atoms with Gasteiger partial charge in [-0.15, -0.1) is 0 Å². The number of unbranched alkanes of at least 4 members (excludes halogenated alkanes) is 2. The minimum atomic E-state index is 0.124. The Labute approximate surface area is 174 Å². The van der Waals surface area contributed by atoms with Gasteiger partial charge in [0.1, 0.15) is 0 Å². The number of nitrogens with zero attached hydrogens (tertiary/aromatic N) is 1. The lowest BCUT2D eigenvalue weighted by Gasteiger charge is -2.46. The largest absolute Gasteiger partial charge is 0.375 e. The van der Waals surface area contributed by atoms with Gasteiger partial charge in [0.15, 0.2) is 0 Å². The van der Waals surface area contributed by atoms with Gasteiger partial charge in [-0.25, -0.2) is 0 Å². The summed E-state index contributed by atoms with van der Waals surface area (Å²) in [5.74, 6) is 0. The first-order valence-corrected chi connectivity index (χ1v) is 11.4. The van der Waals surface area contributed by atoms with E-state index >= 15 is 0 Å². The quantitative estimate of drug-likeness (QED) is 0.474. The smallest absolute Gasteiger partial charge is 0.0691 e. The summed E-state index contributed by atoms with van der Waals surface area (Å²) in [6.07, 6.45) is 15.5. The van der Waals surface area contributed by atoms with Gasteiger partial charge in [-0.3, -0.25) is 4.98 Å². The van der Waals surface area contributed by atoms with Gasteiger partial charge in [0.25, 0.3) is 0 Å². The number of aromatic nitrogens is 1. The van der Waals surface area contributed by atoms with E-state index in [0.717, 1.165) is 30.9 Å². The topological polar surface area (TPSA) is 22.1 Å². The summed E-state index contributed by atoms with van der Waals surface area (Å²) in [6, 6.07) is 14.7. The molecule has 1 spiro atoms. The van der Waals surface area contributed by atoms with Crippen molar-refractivity contribution in [3.63, 3.8) is 0 Å². The van der Waals surface area contributed by atoms with Crippen molar-refractivity contribution in [2.24, 2.45) is 0 Å². The van der Waals surface area contributed by atoms with Crippen molar-refractivity contribution in [3.8, 4) is 0 Å². The Balaban J connectivity index is 1.38. The molecule has 0 bridgehead atoms. The Hall–Kier alpha value is -1.38. The van der Waals surface area contributed by atoms with Gasteiger partial charge in [0.2, 0.25) is 0 Å². The predicted molar refractivity (Wildman–Crippen MR) is 116 cm³/mol. The van der Waals surface area contributed by atoms with E-state index in [2.05, 4.69) is 24.3 Å². The van der Waals surface area contributed by atoms with Crippen LogP contribution >= 0.6 is 11.6 Å². The van der Waals surface area contributed by atoms with E-state index < -0.39 is 0 Å². The molecule has 1 saturated carbocycles. The lowest BCUT2D eigenvalue weighted by atomic mass is 9.67. The van der Waals surface area contributed by atoms with Crippen LogP contribution in [-0.2, 0) is 16.6 Å². The van der Waals surface area contributed by atoms with Crippen LogP contribution in [0.4, 0.5) is 0 Å². The molecule has 0 amide bonds. The highest BCUT2D eigenvalue weighted by atomic mass is 35.5. The summed E-state index contributed by atoms with van der Waals surface area (Å²) in [4.78, 5) is 4.82. The number of benzene rings is 1. The van der Waals surface area contributed by atoms with Gasteiger partial charge < -0.3 is 4.74 Å². The first kappa shape index (κ1) is 19.9. The lowest BCUT2D eigenvalue weighted by Crippen LogP contribution is -2.46. The summed E-state index contributed by atoms with van der Waals surface area (Å²) in [7, 11) is 0. The molecule has 1 aliphatic carbocycles.